The normalized spacial score (nSPS) is 14.9. The van der Waals surface area contributed by atoms with E-state index in [9.17, 15) is 4.79 Å². The summed E-state index contributed by atoms with van der Waals surface area (Å²) in [5, 5.41) is 6.96. The van der Waals surface area contributed by atoms with Crippen LogP contribution in [0.2, 0.25) is 10.0 Å². The Labute approximate surface area is 144 Å². The van der Waals surface area contributed by atoms with Gasteiger partial charge in [0, 0.05) is 10.7 Å². The Morgan fingerprint density at radius 2 is 1.83 bits per heavy atom. The van der Waals surface area contributed by atoms with Gasteiger partial charge in [-0.15, -0.1) is 0 Å². The van der Waals surface area contributed by atoms with E-state index in [1.165, 1.54) is 0 Å². The van der Waals surface area contributed by atoms with Crippen LogP contribution in [0.15, 0.2) is 42.5 Å². The van der Waals surface area contributed by atoms with Crippen LogP contribution in [0.1, 0.15) is 18.4 Å². The molecule has 0 bridgehead atoms. The lowest BCUT2D eigenvalue weighted by atomic mass is 10.1. The first-order valence-electron chi connectivity index (χ1n) is 7.21. The molecule has 0 spiro atoms. The predicted octanol–water partition coefficient (Wildman–Crippen LogP) is 4.81. The number of halogens is 2. The molecular weight excluding hydrogens is 335 g/mol. The van der Waals surface area contributed by atoms with Gasteiger partial charge in [-0.05, 0) is 48.7 Å². The van der Waals surface area contributed by atoms with E-state index in [0.29, 0.717) is 21.5 Å². The lowest BCUT2D eigenvalue weighted by Gasteiger charge is -2.18. The first kappa shape index (κ1) is 16.0. The topological polar surface area (TPSA) is 50.4 Å². The van der Waals surface area contributed by atoms with Crippen molar-refractivity contribution in [2.24, 2.45) is 0 Å². The first-order valence-corrected chi connectivity index (χ1v) is 7.97. The smallest absolute Gasteiger partial charge is 0.319 e. The monoisotopic (exact) mass is 350 g/mol. The summed E-state index contributed by atoms with van der Waals surface area (Å²) in [5.41, 5.74) is 1.37. The average molecular weight is 351 g/mol. The number of carbonyl (C=O) groups excluding carboxylic acids is 1. The van der Waals surface area contributed by atoms with Gasteiger partial charge in [0.1, 0.15) is 5.75 Å². The van der Waals surface area contributed by atoms with Gasteiger partial charge in [0.25, 0.3) is 0 Å². The van der Waals surface area contributed by atoms with Crippen LogP contribution < -0.4 is 15.4 Å². The number of amides is 2. The van der Waals surface area contributed by atoms with E-state index >= 15 is 0 Å². The van der Waals surface area contributed by atoms with Gasteiger partial charge in [-0.1, -0.05) is 35.3 Å². The molecule has 4 nitrogen and oxygen atoms in total. The van der Waals surface area contributed by atoms with Gasteiger partial charge in [-0.25, -0.2) is 4.79 Å². The maximum Gasteiger partial charge on any atom is 0.319 e. The molecule has 0 aromatic heterocycles. The third kappa shape index (κ3) is 3.54. The second kappa shape index (κ2) is 6.30. The number of ether oxygens (including phenoxy) is 1. The Bertz CT molecular complexity index is 728. The standard InChI is InChI=1S/C17H16Cl2N2O2/c1-23-15-7-6-13(10-14(15)19)20-16(22)21-17(8-9-17)11-2-4-12(18)5-3-11/h2-7,10H,8-9H2,1H3,(H2,20,21,22). The zero-order chi connectivity index (χ0) is 16.4. The fraction of sp³-hybridized carbons (Fsp3) is 0.235. The van der Waals surface area contributed by atoms with Gasteiger partial charge in [-0.3, -0.25) is 0 Å². The molecule has 0 heterocycles. The number of rotatable bonds is 4. The Morgan fingerprint density at radius 3 is 2.39 bits per heavy atom. The van der Waals surface area contributed by atoms with Crippen molar-refractivity contribution >= 4 is 34.9 Å². The Morgan fingerprint density at radius 1 is 1.13 bits per heavy atom. The third-order valence-electron chi connectivity index (χ3n) is 3.91. The van der Waals surface area contributed by atoms with Crippen LogP contribution in [-0.2, 0) is 5.54 Å². The van der Waals surface area contributed by atoms with E-state index in [4.69, 9.17) is 27.9 Å². The van der Waals surface area contributed by atoms with Crippen LogP contribution >= 0.6 is 23.2 Å². The van der Waals surface area contributed by atoms with E-state index in [-0.39, 0.29) is 11.6 Å². The molecule has 1 aliphatic rings. The maximum atomic E-state index is 12.3. The van der Waals surface area contributed by atoms with Crippen LogP contribution in [0.4, 0.5) is 10.5 Å². The molecule has 0 saturated heterocycles. The molecule has 1 saturated carbocycles. The van der Waals surface area contributed by atoms with Gasteiger partial charge in [0.2, 0.25) is 0 Å². The lowest BCUT2D eigenvalue weighted by molar-refractivity contribution is 0.247. The van der Waals surface area contributed by atoms with Crippen LogP contribution in [0.5, 0.6) is 5.75 Å². The highest BCUT2D eigenvalue weighted by atomic mass is 35.5. The van der Waals surface area contributed by atoms with E-state index in [1.54, 1.807) is 25.3 Å². The first-order chi connectivity index (χ1) is 11.0. The van der Waals surface area contributed by atoms with Crippen molar-refractivity contribution in [1.82, 2.24) is 5.32 Å². The highest BCUT2D eigenvalue weighted by molar-refractivity contribution is 6.32. The fourth-order valence-electron chi connectivity index (χ4n) is 2.50. The van der Waals surface area contributed by atoms with Crippen molar-refractivity contribution in [3.05, 3.63) is 58.1 Å². The average Bonchev–Trinajstić information content (AvgIpc) is 3.28. The minimum absolute atomic E-state index is 0.265. The zero-order valence-electron chi connectivity index (χ0n) is 12.5. The van der Waals surface area contributed by atoms with Gasteiger partial charge in [0.05, 0.1) is 17.7 Å². The number of hydrogen-bond donors (Lipinski definition) is 2. The lowest BCUT2D eigenvalue weighted by Crippen LogP contribution is -2.38. The van der Waals surface area contributed by atoms with Crippen LogP contribution in [0.25, 0.3) is 0 Å². The molecule has 1 fully saturated rings. The molecule has 23 heavy (non-hydrogen) atoms. The second-order valence-corrected chi connectivity index (χ2v) is 6.36. The summed E-state index contributed by atoms with van der Waals surface area (Å²) in [6.45, 7) is 0. The van der Waals surface area contributed by atoms with Crippen LogP contribution in [0.3, 0.4) is 0 Å². The molecule has 2 amide bonds. The van der Waals surface area contributed by atoms with Gasteiger partial charge >= 0.3 is 6.03 Å². The predicted molar refractivity (Wildman–Crippen MR) is 92.5 cm³/mol. The molecule has 0 aliphatic heterocycles. The quantitative estimate of drug-likeness (QED) is 0.830. The summed E-state index contributed by atoms with van der Waals surface area (Å²) in [6.07, 6.45) is 1.82. The van der Waals surface area contributed by atoms with Gasteiger partial charge in [0.15, 0.2) is 0 Å². The van der Waals surface area contributed by atoms with Crippen molar-refractivity contribution in [3.63, 3.8) is 0 Å². The molecule has 3 rings (SSSR count). The third-order valence-corrected chi connectivity index (χ3v) is 4.46. The van der Waals surface area contributed by atoms with Gasteiger partial charge < -0.3 is 15.4 Å². The van der Waals surface area contributed by atoms with E-state index in [1.807, 2.05) is 24.3 Å². The Kier molecular flexibility index (Phi) is 4.37. The summed E-state index contributed by atoms with van der Waals surface area (Å²) in [4.78, 5) is 12.3. The summed E-state index contributed by atoms with van der Waals surface area (Å²) in [6, 6.07) is 12.4. The number of urea groups is 1. The molecule has 0 radical (unpaired) electrons. The minimum Gasteiger partial charge on any atom is -0.495 e. The fourth-order valence-corrected chi connectivity index (χ4v) is 2.89. The largest absolute Gasteiger partial charge is 0.495 e. The number of benzene rings is 2. The molecule has 2 N–H and O–H groups in total. The summed E-state index contributed by atoms with van der Waals surface area (Å²) in [7, 11) is 1.55. The highest BCUT2D eigenvalue weighted by Gasteiger charge is 2.45. The summed E-state index contributed by atoms with van der Waals surface area (Å²) >= 11 is 12.0. The molecule has 0 unspecified atom stereocenters. The van der Waals surface area contributed by atoms with Crippen molar-refractivity contribution in [3.8, 4) is 5.75 Å². The molecule has 1 aliphatic carbocycles. The Balaban J connectivity index is 1.67. The molecule has 0 atom stereocenters. The number of carbonyl (C=O) groups is 1. The highest BCUT2D eigenvalue weighted by Crippen LogP contribution is 2.45. The van der Waals surface area contributed by atoms with E-state index < -0.39 is 0 Å². The van der Waals surface area contributed by atoms with E-state index in [0.717, 1.165) is 18.4 Å². The number of methoxy groups -OCH3 is 1. The van der Waals surface area contributed by atoms with Crippen molar-refractivity contribution < 1.29 is 9.53 Å². The zero-order valence-corrected chi connectivity index (χ0v) is 14.0. The second-order valence-electron chi connectivity index (χ2n) is 5.52. The number of anilines is 1. The number of nitrogens with one attached hydrogen (secondary N) is 2. The minimum atomic E-state index is -0.301. The Hall–Kier alpha value is -1.91. The molecule has 2 aromatic carbocycles. The van der Waals surface area contributed by atoms with Crippen LogP contribution in [-0.4, -0.2) is 13.1 Å². The molecule has 120 valence electrons. The number of hydrogen-bond acceptors (Lipinski definition) is 2. The SMILES string of the molecule is COc1ccc(NC(=O)NC2(c3ccc(Cl)cc3)CC2)cc1Cl. The van der Waals surface area contributed by atoms with Gasteiger partial charge in [-0.2, -0.15) is 0 Å². The van der Waals surface area contributed by atoms with E-state index in [2.05, 4.69) is 10.6 Å². The summed E-state index contributed by atoms with van der Waals surface area (Å²) < 4.78 is 5.09. The maximum absolute atomic E-state index is 12.3. The van der Waals surface area contributed by atoms with Crippen LogP contribution in [0, 0.1) is 0 Å². The van der Waals surface area contributed by atoms with Crippen molar-refractivity contribution in [2.45, 2.75) is 18.4 Å². The molecule has 6 heteroatoms. The molecular formula is C17H16Cl2N2O2. The van der Waals surface area contributed by atoms with Crippen molar-refractivity contribution in [1.29, 1.82) is 0 Å². The summed E-state index contributed by atoms with van der Waals surface area (Å²) in [5.74, 6) is 0.567. The van der Waals surface area contributed by atoms with Crippen molar-refractivity contribution in [2.75, 3.05) is 12.4 Å². The molecule has 2 aromatic rings.